The summed E-state index contributed by atoms with van der Waals surface area (Å²) in [6.45, 7) is 5.98. The van der Waals surface area contributed by atoms with Crippen LogP contribution >= 0.6 is 11.3 Å². The van der Waals surface area contributed by atoms with Crippen LogP contribution in [-0.2, 0) is 0 Å². The number of ether oxygens (including phenoxy) is 1. The third-order valence-electron chi connectivity index (χ3n) is 4.48. The summed E-state index contributed by atoms with van der Waals surface area (Å²) in [7, 11) is 0. The van der Waals surface area contributed by atoms with E-state index in [1.54, 1.807) is 42.7 Å². The Labute approximate surface area is 178 Å². The Morgan fingerprint density at radius 2 is 1.73 bits per heavy atom. The SMILES string of the molecule is Cc1ccc(-c2nc(C)c(C(=O)Nc3ccc(Oc4ncccn4)cc3)s2)c(C)c1. The quantitative estimate of drug-likeness (QED) is 0.460. The Kier molecular flexibility index (Phi) is 5.54. The first kappa shape index (κ1) is 19.7. The van der Waals surface area contributed by atoms with Crippen LogP contribution in [0.1, 0.15) is 26.5 Å². The van der Waals surface area contributed by atoms with Crippen LogP contribution in [0.5, 0.6) is 11.8 Å². The van der Waals surface area contributed by atoms with Crippen LogP contribution in [0.2, 0.25) is 0 Å². The molecule has 1 amide bonds. The van der Waals surface area contributed by atoms with Crippen molar-refractivity contribution in [3.63, 3.8) is 0 Å². The van der Waals surface area contributed by atoms with Crippen LogP contribution in [0, 0.1) is 20.8 Å². The average molecular weight is 417 g/mol. The Hall–Kier alpha value is -3.58. The molecule has 0 aliphatic heterocycles. The number of nitrogens with zero attached hydrogens (tertiary/aromatic N) is 3. The third-order valence-corrected chi connectivity index (χ3v) is 5.67. The zero-order valence-corrected chi connectivity index (χ0v) is 17.7. The van der Waals surface area contributed by atoms with Gasteiger partial charge in [-0.1, -0.05) is 23.8 Å². The van der Waals surface area contributed by atoms with Crippen molar-refractivity contribution in [1.82, 2.24) is 15.0 Å². The van der Waals surface area contributed by atoms with Crippen molar-refractivity contribution < 1.29 is 9.53 Å². The van der Waals surface area contributed by atoms with E-state index in [0.29, 0.717) is 22.0 Å². The zero-order chi connectivity index (χ0) is 21.1. The van der Waals surface area contributed by atoms with Crippen molar-refractivity contribution >= 4 is 22.9 Å². The number of nitrogens with one attached hydrogen (secondary N) is 1. The molecule has 2 aromatic carbocycles. The normalized spacial score (nSPS) is 10.6. The molecule has 2 heterocycles. The van der Waals surface area contributed by atoms with Crippen LogP contribution in [0.3, 0.4) is 0 Å². The number of amides is 1. The molecular formula is C23H20N4O2S. The van der Waals surface area contributed by atoms with Crippen LogP contribution in [0.4, 0.5) is 5.69 Å². The molecule has 7 heteroatoms. The van der Waals surface area contributed by atoms with Gasteiger partial charge in [0.05, 0.1) is 5.69 Å². The molecule has 6 nitrogen and oxygen atoms in total. The van der Waals surface area contributed by atoms with E-state index in [1.165, 1.54) is 16.9 Å². The summed E-state index contributed by atoms with van der Waals surface area (Å²) >= 11 is 1.40. The fourth-order valence-electron chi connectivity index (χ4n) is 3.01. The number of benzene rings is 2. The molecule has 1 N–H and O–H groups in total. The van der Waals surface area contributed by atoms with Gasteiger partial charge in [0.25, 0.3) is 5.91 Å². The van der Waals surface area contributed by atoms with Crippen molar-refractivity contribution in [2.24, 2.45) is 0 Å². The van der Waals surface area contributed by atoms with Gasteiger partial charge in [0.2, 0.25) is 0 Å². The van der Waals surface area contributed by atoms with Crippen molar-refractivity contribution in [1.29, 1.82) is 0 Å². The molecule has 0 atom stereocenters. The topological polar surface area (TPSA) is 77.0 Å². The van der Waals surface area contributed by atoms with Gasteiger partial charge >= 0.3 is 6.01 Å². The monoisotopic (exact) mass is 416 g/mol. The van der Waals surface area contributed by atoms with E-state index in [2.05, 4.69) is 52.3 Å². The lowest BCUT2D eigenvalue weighted by atomic mass is 10.1. The second-order valence-corrected chi connectivity index (χ2v) is 7.86. The molecule has 0 saturated heterocycles. The minimum atomic E-state index is -0.180. The summed E-state index contributed by atoms with van der Waals surface area (Å²) in [5.41, 5.74) is 4.79. The number of thiazole rings is 1. The second-order valence-electron chi connectivity index (χ2n) is 6.86. The Morgan fingerprint density at radius 1 is 1.00 bits per heavy atom. The van der Waals surface area contributed by atoms with Crippen LogP contribution in [0.25, 0.3) is 10.6 Å². The summed E-state index contributed by atoms with van der Waals surface area (Å²) in [5.74, 6) is 0.409. The van der Waals surface area contributed by atoms with E-state index in [9.17, 15) is 4.79 Å². The lowest BCUT2D eigenvalue weighted by molar-refractivity contribution is 0.103. The Morgan fingerprint density at radius 3 is 2.43 bits per heavy atom. The van der Waals surface area contributed by atoms with E-state index in [1.807, 2.05) is 6.92 Å². The highest BCUT2D eigenvalue weighted by Crippen LogP contribution is 2.31. The molecule has 4 aromatic rings. The van der Waals surface area contributed by atoms with Gasteiger partial charge in [-0.05, 0) is 56.7 Å². The smallest absolute Gasteiger partial charge is 0.321 e. The molecule has 30 heavy (non-hydrogen) atoms. The highest BCUT2D eigenvalue weighted by Gasteiger charge is 2.17. The fraction of sp³-hybridized carbons (Fsp3) is 0.130. The van der Waals surface area contributed by atoms with Crippen LogP contribution in [-0.4, -0.2) is 20.9 Å². The summed E-state index contributed by atoms with van der Waals surface area (Å²) < 4.78 is 5.57. The number of aryl methyl sites for hydroxylation is 3. The van der Waals surface area contributed by atoms with Gasteiger partial charge in [-0.3, -0.25) is 4.79 Å². The lowest BCUT2D eigenvalue weighted by Gasteiger charge is -2.06. The number of hydrogen-bond acceptors (Lipinski definition) is 6. The van der Waals surface area contributed by atoms with E-state index >= 15 is 0 Å². The fourth-order valence-corrected chi connectivity index (χ4v) is 4.07. The molecule has 0 unspecified atom stereocenters. The molecule has 0 fully saturated rings. The highest BCUT2D eigenvalue weighted by molar-refractivity contribution is 7.17. The van der Waals surface area contributed by atoms with Gasteiger partial charge in [0.15, 0.2) is 0 Å². The van der Waals surface area contributed by atoms with E-state index in [4.69, 9.17) is 4.74 Å². The minimum absolute atomic E-state index is 0.180. The lowest BCUT2D eigenvalue weighted by Crippen LogP contribution is -2.11. The second kappa shape index (κ2) is 8.42. The zero-order valence-electron chi connectivity index (χ0n) is 16.8. The maximum atomic E-state index is 12.8. The van der Waals surface area contributed by atoms with Gasteiger partial charge in [-0.25, -0.2) is 15.0 Å². The number of carbonyl (C=O) groups excluding carboxylic acids is 1. The molecule has 150 valence electrons. The first-order chi connectivity index (χ1) is 14.5. The summed E-state index contributed by atoms with van der Waals surface area (Å²) in [6, 6.07) is 15.3. The Balaban J connectivity index is 1.48. The van der Waals surface area contributed by atoms with Gasteiger partial charge in [0.1, 0.15) is 15.6 Å². The first-order valence-corrected chi connectivity index (χ1v) is 10.2. The van der Waals surface area contributed by atoms with Crippen LogP contribution in [0.15, 0.2) is 60.9 Å². The number of aromatic nitrogens is 3. The number of carbonyl (C=O) groups is 1. The van der Waals surface area contributed by atoms with Crippen molar-refractivity contribution in [2.75, 3.05) is 5.32 Å². The average Bonchev–Trinajstić information content (AvgIpc) is 3.11. The van der Waals surface area contributed by atoms with Crippen molar-refractivity contribution in [3.8, 4) is 22.3 Å². The molecule has 0 spiro atoms. The van der Waals surface area contributed by atoms with Gasteiger partial charge in [-0.15, -0.1) is 11.3 Å². The standard InChI is InChI=1S/C23H20N4O2S/c1-14-5-10-19(15(2)13-14)22-26-16(3)20(30-22)21(28)27-17-6-8-18(9-7-17)29-23-24-11-4-12-25-23/h4-13H,1-3H3,(H,27,28). The molecule has 0 saturated carbocycles. The number of rotatable bonds is 5. The summed E-state index contributed by atoms with van der Waals surface area (Å²) in [4.78, 5) is 26.1. The number of anilines is 1. The number of hydrogen-bond donors (Lipinski definition) is 1. The molecule has 0 aliphatic rings. The maximum Gasteiger partial charge on any atom is 0.321 e. The van der Waals surface area contributed by atoms with E-state index in [0.717, 1.165) is 16.1 Å². The maximum absolute atomic E-state index is 12.8. The predicted octanol–water partition coefficient (Wildman–Crippen LogP) is 5.57. The van der Waals surface area contributed by atoms with E-state index < -0.39 is 0 Å². The summed E-state index contributed by atoms with van der Waals surface area (Å²) in [6.07, 6.45) is 3.22. The largest absolute Gasteiger partial charge is 0.424 e. The third kappa shape index (κ3) is 4.36. The molecule has 4 rings (SSSR count). The van der Waals surface area contributed by atoms with Crippen molar-refractivity contribution in [3.05, 3.63) is 82.6 Å². The van der Waals surface area contributed by atoms with Gasteiger partial charge < -0.3 is 10.1 Å². The highest BCUT2D eigenvalue weighted by atomic mass is 32.1. The first-order valence-electron chi connectivity index (χ1n) is 9.41. The molecule has 0 bridgehead atoms. The molecule has 0 radical (unpaired) electrons. The molecule has 0 aliphatic carbocycles. The van der Waals surface area contributed by atoms with Crippen molar-refractivity contribution in [2.45, 2.75) is 20.8 Å². The van der Waals surface area contributed by atoms with Gasteiger partial charge in [-0.2, -0.15) is 0 Å². The Bertz CT molecular complexity index is 1190. The molecular weight excluding hydrogens is 396 g/mol. The molecule has 2 aromatic heterocycles. The predicted molar refractivity (Wildman–Crippen MR) is 118 cm³/mol. The van der Waals surface area contributed by atoms with Gasteiger partial charge in [0, 0.05) is 23.6 Å². The minimum Gasteiger partial charge on any atom is -0.424 e. The summed E-state index contributed by atoms with van der Waals surface area (Å²) in [5, 5.41) is 3.77. The van der Waals surface area contributed by atoms with Crippen LogP contribution < -0.4 is 10.1 Å². The van der Waals surface area contributed by atoms with E-state index in [-0.39, 0.29) is 11.9 Å².